The molecule has 0 aliphatic rings. The van der Waals surface area contributed by atoms with E-state index < -0.39 is 0 Å². The Kier molecular flexibility index (Phi) is 3.82. The van der Waals surface area contributed by atoms with Gasteiger partial charge in [-0.1, -0.05) is 18.2 Å². The maximum absolute atomic E-state index is 9.33. The molecule has 1 aromatic carbocycles. The number of aromatic nitrogens is 1. The molecule has 0 spiro atoms. The molecule has 0 unspecified atom stereocenters. The summed E-state index contributed by atoms with van der Waals surface area (Å²) in [6.45, 7) is 7.42. The molecule has 0 radical (unpaired) electrons. The molecule has 0 amide bonds. The van der Waals surface area contributed by atoms with Crippen LogP contribution in [0.5, 0.6) is 0 Å². The SMILES string of the molecule is CCN(c1cc(CO)nc2ccccc12)C(C)C. The van der Waals surface area contributed by atoms with Crippen LogP contribution in [0.4, 0.5) is 5.69 Å². The number of nitrogens with zero attached hydrogens (tertiary/aromatic N) is 2. The first-order chi connectivity index (χ1) is 8.67. The molecule has 1 aromatic heterocycles. The van der Waals surface area contributed by atoms with Gasteiger partial charge in [-0.25, -0.2) is 0 Å². The molecule has 0 aliphatic carbocycles. The number of aliphatic hydroxyl groups is 1. The lowest BCUT2D eigenvalue weighted by atomic mass is 10.1. The van der Waals surface area contributed by atoms with Crippen molar-refractivity contribution in [2.45, 2.75) is 33.4 Å². The van der Waals surface area contributed by atoms with Gasteiger partial charge in [0.05, 0.1) is 17.8 Å². The van der Waals surface area contributed by atoms with Crippen LogP contribution in [0.25, 0.3) is 10.9 Å². The summed E-state index contributed by atoms with van der Waals surface area (Å²) >= 11 is 0. The van der Waals surface area contributed by atoms with Crippen LogP contribution >= 0.6 is 0 Å². The number of hydrogen-bond acceptors (Lipinski definition) is 3. The summed E-state index contributed by atoms with van der Waals surface area (Å²) in [6, 6.07) is 10.5. The fraction of sp³-hybridized carbons (Fsp3) is 0.400. The van der Waals surface area contributed by atoms with Crippen molar-refractivity contribution < 1.29 is 5.11 Å². The van der Waals surface area contributed by atoms with Gasteiger partial charge in [-0.3, -0.25) is 4.98 Å². The minimum absolute atomic E-state index is 0.0204. The first-order valence-corrected chi connectivity index (χ1v) is 6.43. The van der Waals surface area contributed by atoms with Crippen molar-refractivity contribution >= 4 is 16.6 Å². The standard InChI is InChI=1S/C15H20N2O/c1-4-17(11(2)3)15-9-12(10-18)16-14-8-6-5-7-13(14)15/h5-9,11,18H,4,10H2,1-3H3. The van der Waals surface area contributed by atoms with Crippen molar-refractivity contribution in [3.05, 3.63) is 36.0 Å². The fourth-order valence-corrected chi connectivity index (χ4v) is 2.34. The largest absolute Gasteiger partial charge is 0.390 e. The number of rotatable bonds is 4. The molecule has 3 nitrogen and oxygen atoms in total. The lowest BCUT2D eigenvalue weighted by molar-refractivity contribution is 0.277. The van der Waals surface area contributed by atoms with E-state index in [1.54, 1.807) is 0 Å². The van der Waals surface area contributed by atoms with Crippen molar-refractivity contribution in [3.8, 4) is 0 Å². The Morgan fingerprint density at radius 1 is 1.28 bits per heavy atom. The molecule has 0 bridgehead atoms. The van der Waals surface area contributed by atoms with Crippen LogP contribution in [0.1, 0.15) is 26.5 Å². The fourth-order valence-electron chi connectivity index (χ4n) is 2.34. The molecule has 1 N–H and O–H groups in total. The minimum Gasteiger partial charge on any atom is -0.390 e. The average Bonchev–Trinajstić information content (AvgIpc) is 2.38. The Labute approximate surface area is 108 Å². The molecule has 0 saturated carbocycles. The summed E-state index contributed by atoms with van der Waals surface area (Å²) in [4.78, 5) is 6.78. The number of benzene rings is 1. The molecule has 0 atom stereocenters. The van der Waals surface area contributed by atoms with Gasteiger partial charge in [0.25, 0.3) is 0 Å². The third-order valence-corrected chi connectivity index (χ3v) is 3.18. The van der Waals surface area contributed by atoms with Crippen LogP contribution in [0.3, 0.4) is 0 Å². The molecule has 3 heteroatoms. The van der Waals surface area contributed by atoms with E-state index in [-0.39, 0.29) is 6.61 Å². The summed E-state index contributed by atoms with van der Waals surface area (Å²) in [6.07, 6.45) is 0. The van der Waals surface area contributed by atoms with Gasteiger partial charge in [0.1, 0.15) is 0 Å². The van der Waals surface area contributed by atoms with Gasteiger partial charge in [-0.15, -0.1) is 0 Å². The van der Waals surface area contributed by atoms with Crippen molar-refractivity contribution in [2.75, 3.05) is 11.4 Å². The smallest absolute Gasteiger partial charge is 0.0854 e. The molecular formula is C15H20N2O. The van der Waals surface area contributed by atoms with E-state index in [1.165, 1.54) is 0 Å². The Balaban J connectivity index is 2.66. The van der Waals surface area contributed by atoms with Crippen LogP contribution in [0.15, 0.2) is 30.3 Å². The van der Waals surface area contributed by atoms with Crippen molar-refractivity contribution in [2.24, 2.45) is 0 Å². The highest BCUT2D eigenvalue weighted by Gasteiger charge is 2.13. The maximum atomic E-state index is 9.33. The predicted octanol–water partition coefficient (Wildman–Crippen LogP) is 2.96. The van der Waals surface area contributed by atoms with Crippen LogP contribution in [-0.2, 0) is 6.61 Å². The lowest BCUT2D eigenvalue weighted by Crippen LogP contribution is -2.30. The molecule has 0 fully saturated rings. The number of fused-ring (bicyclic) bond motifs is 1. The van der Waals surface area contributed by atoms with Crippen LogP contribution in [-0.4, -0.2) is 22.7 Å². The summed E-state index contributed by atoms with van der Waals surface area (Å²) in [5.74, 6) is 0. The third-order valence-electron chi connectivity index (χ3n) is 3.18. The zero-order valence-electron chi connectivity index (χ0n) is 11.2. The van der Waals surface area contributed by atoms with Crippen LogP contribution in [0.2, 0.25) is 0 Å². The van der Waals surface area contributed by atoms with E-state index in [0.717, 1.165) is 28.8 Å². The average molecular weight is 244 g/mol. The van der Waals surface area contributed by atoms with Gasteiger partial charge in [0, 0.05) is 23.7 Å². The van der Waals surface area contributed by atoms with Gasteiger partial charge < -0.3 is 10.0 Å². The van der Waals surface area contributed by atoms with E-state index in [1.807, 2.05) is 24.3 Å². The van der Waals surface area contributed by atoms with Gasteiger partial charge in [0.15, 0.2) is 0 Å². The first-order valence-electron chi connectivity index (χ1n) is 6.43. The minimum atomic E-state index is -0.0204. The Hall–Kier alpha value is -1.61. The van der Waals surface area contributed by atoms with Gasteiger partial charge >= 0.3 is 0 Å². The molecule has 0 saturated heterocycles. The monoisotopic (exact) mass is 244 g/mol. The Morgan fingerprint density at radius 3 is 2.61 bits per heavy atom. The van der Waals surface area contributed by atoms with E-state index in [0.29, 0.717) is 6.04 Å². The molecule has 1 heterocycles. The number of aliphatic hydroxyl groups excluding tert-OH is 1. The molecule has 0 aliphatic heterocycles. The predicted molar refractivity (Wildman–Crippen MR) is 75.8 cm³/mol. The van der Waals surface area contributed by atoms with E-state index in [9.17, 15) is 5.11 Å². The van der Waals surface area contributed by atoms with Crippen LogP contribution in [0, 0.1) is 0 Å². The van der Waals surface area contributed by atoms with Crippen molar-refractivity contribution in [1.29, 1.82) is 0 Å². The van der Waals surface area contributed by atoms with Gasteiger partial charge in [0.2, 0.25) is 0 Å². The lowest BCUT2D eigenvalue weighted by Gasteiger charge is -2.29. The number of para-hydroxylation sites is 1. The Bertz CT molecular complexity index is 537. The highest BCUT2D eigenvalue weighted by atomic mass is 16.3. The summed E-state index contributed by atoms with van der Waals surface area (Å²) in [7, 11) is 0. The number of hydrogen-bond donors (Lipinski definition) is 1. The van der Waals surface area contributed by atoms with Gasteiger partial charge in [-0.2, -0.15) is 0 Å². The first kappa shape index (κ1) is 12.8. The highest BCUT2D eigenvalue weighted by Crippen LogP contribution is 2.28. The second kappa shape index (κ2) is 5.36. The topological polar surface area (TPSA) is 36.4 Å². The van der Waals surface area contributed by atoms with Crippen LogP contribution < -0.4 is 4.90 Å². The molecule has 2 rings (SSSR count). The summed E-state index contributed by atoms with van der Waals surface area (Å²) < 4.78 is 0. The third kappa shape index (κ3) is 2.31. The van der Waals surface area contributed by atoms with Crippen molar-refractivity contribution in [1.82, 2.24) is 4.98 Å². The van der Waals surface area contributed by atoms with Crippen molar-refractivity contribution in [3.63, 3.8) is 0 Å². The van der Waals surface area contributed by atoms with E-state index in [4.69, 9.17) is 0 Å². The zero-order chi connectivity index (χ0) is 13.1. The molecule has 2 aromatic rings. The normalized spacial score (nSPS) is 11.2. The molecular weight excluding hydrogens is 224 g/mol. The summed E-state index contributed by atoms with van der Waals surface area (Å²) in [5.41, 5.74) is 2.82. The number of anilines is 1. The number of pyridine rings is 1. The Morgan fingerprint density at radius 2 is 2.00 bits per heavy atom. The second-order valence-electron chi connectivity index (χ2n) is 4.69. The molecule has 96 valence electrons. The highest BCUT2D eigenvalue weighted by molar-refractivity contribution is 5.92. The zero-order valence-corrected chi connectivity index (χ0v) is 11.2. The quantitative estimate of drug-likeness (QED) is 0.898. The maximum Gasteiger partial charge on any atom is 0.0854 e. The van der Waals surface area contributed by atoms with E-state index >= 15 is 0 Å². The van der Waals surface area contributed by atoms with Gasteiger partial charge in [-0.05, 0) is 32.9 Å². The summed E-state index contributed by atoms with van der Waals surface area (Å²) in [5, 5.41) is 10.5. The second-order valence-corrected chi connectivity index (χ2v) is 4.69. The molecule has 18 heavy (non-hydrogen) atoms. The van der Waals surface area contributed by atoms with E-state index in [2.05, 4.69) is 36.7 Å².